The number of benzene rings is 1. The number of nitrogens with zero attached hydrogens (tertiary/aromatic N) is 3. The molecule has 1 aliphatic rings. The van der Waals surface area contributed by atoms with E-state index in [-0.39, 0.29) is 11.9 Å². The van der Waals surface area contributed by atoms with Gasteiger partial charge in [-0.3, -0.25) is 0 Å². The van der Waals surface area contributed by atoms with Crippen LogP contribution in [0, 0.1) is 5.92 Å². The molecule has 1 saturated heterocycles. The average Bonchev–Trinajstić information content (AvgIpc) is 2.86. The first-order valence-electron chi connectivity index (χ1n) is 11.3. The van der Waals surface area contributed by atoms with Crippen molar-refractivity contribution in [2.45, 2.75) is 12.8 Å². The van der Waals surface area contributed by atoms with E-state index in [2.05, 4.69) is 21.9 Å². The highest BCUT2D eigenvalue weighted by atomic mass is 16.5. The van der Waals surface area contributed by atoms with Crippen LogP contribution in [0.15, 0.2) is 49.3 Å². The van der Waals surface area contributed by atoms with Gasteiger partial charge in [0.15, 0.2) is 0 Å². The average molecular weight is 473 g/mol. The van der Waals surface area contributed by atoms with Crippen LogP contribution in [0.5, 0.6) is 11.8 Å². The van der Waals surface area contributed by atoms with E-state index in [0.717, 1.165) is 30.0 Å². The number of carbonyl (C=O) groups is 1. The van der Waals surface area contributed by atoms with E-state index in [1.807, 2.05) is 24.3 Å². The number of hydrogen-bond acceptors (Lipinski definition) is 8. The molecular weight excluding hydrogens is 440 g/mol. The van der Waals surface area contributed by atoms with Crippen molar-refractivity contribution in [2.24, 2.45) is 5.92 Å². The van der Waals surface area contributed by atoms with Gasteiger partial charge in [0, 0.05) is 24.7 Å². The fourth-order valence-corrected chi connectivity index (χ4v) is 3.45. The quantitative estimate of drug-likeness (QED) is 0.314. The van der Waals surface area contributed by atoms with E-state index in [1.165, 1.54) is 4.90 Å². The molecule has 34 heavy (non-hydrogen) atoms. The van der Waals surface area contributed by atoms with Gasteiger partial charge in [0.1, 0.15) is 19.0 Å². The molecule has 1 fully saturated rings. The first kappa shape index (κ1) is 25.3. The fraction of sp³-hybridized carbons (Fsp3) is 0.458. The zero-order valence-corrected chi connectivity index (χ0v) is 19.2. The summed E-state index contributed by atoms with van der Waals surface area (Å²) in [4.78, 5) is 20.9. The Bertz CT molecular complexity index is 878. The summed E-state index contributed by atoms with van der Waals surface area (Å²) in [7, 11) is 0. The van der Waals surface area contributed by atoms with Gasteiger partial charge in [-0.25, -0.2) is 14.8 Å². The zero-order valence-electron chi connectivity index (χ0n) is 19.2. The molecule has 1 aromatic heterocycles. The standard InChI is InChI=1S/C24H32N4O6/c1-2-10-33-22-7-5-20(6-8-22)27-21-15-25-23(26-16-21)34-14-13-31-11-12-32-18-19-4-3-9-28(17-19)24(29)30/h2,5-8,15-16,19,27H,1,3-4,9-14,17-18H2,(H,29,30)/t19-/m0/s1. The van der Waals surface area contributed by atoms with Crippen molar-refractivity contribution < 1.29 is 28.8 Å². The van der Waals surface area contributed by atoms with Crippen molar-refractivity contribution >= 4 is 17.5 Å². The molecule has 0 aliphatic carbocycles. The molecular formula is C24H32N4O6. The molecule has 0 spiro atoms. The summed E-state index contributed by atoms with van der Waals surface area (Å²) < 4.78 is 22.1. The maximum atomic E-state index is 11.0. The Hall–Kier alpha value is -3.37. The number of likely N-dealkylation sites (tertiary alicyclic amines) is 1. The van der Waals surface area contributed by atoms with Gasteiger partial charge in [-0.05, 0) is 37.1 Å². The molecule has 1 aliphatic heterocycles. The number of hydrogen-bond donors (Lipinski definition) is 2. The van der Waals surface area contributed by atoms with Gasteiger partial charge in [0.05, 0.1) is 44.5 Å². The van der Waals surface area contributed by atoms with E-state index in [9.17, 15) is 4.79 Å². The lowest BCUT2D eigenvalue weighted by molar-refractivity contribution is 0.0129. The number of nitrogens with one attached hydrogen (secondary N) is 1. The van der Waals surface area contributed by atoms with Crippen LogP contribution in [0.2, 0.25) is 0 Å². The Morgan fingerprint density at radius 3 is 2.56 bits per heavy atom. The van der Waals surface area contributed by atoms with Gasteiger partial charge in [-0.1, -0.05) is 12.7 Å². The Morgan fingerprint density at radius 1 is 1.09 bits per heavy atom. The van der Waals surface area contributed by atoms with Gasteiger partial charge in [-0.15, -0.1) is 0 Å². The summed E-state index contributed by atoms with van der Waals surface area (Å²) in [6.07, 6.45) is 6.01. The van der Waals surface area contributed by atoms with Crippen LogP contribution >= 0.6 is 0 Å². The molecule has 2 N–H and O–H groups in total. The summed E-state index contributed by atoms with van der Waals surface area (Å²) >= 11 is 0. The molecule has 1 amide bonds. The fourth-order valence-electron chi connectivity index (χ4n) is 3.45. The monoisotopic (exact) mass is 472 g/mol. The molecule has 0 radical (unpaired) electrons. The third-order valence-electron chi connectivity index (χ3n) is 5.11. The SMILES string of the molecule is C=CCOc1ccc(Nc2cnc(OCCOCCOC[C@H]3CCCN(C(=O)O)C3)nc2)cc1. The van der Waals surface area contributed by atoms with Crippen molar-refractivity contribution in [2.75, 3.05) is 58.0 Å². The number of rotatable bonds is 14. The molecule has 1 aromatic carbocycles. The Balaban J connectivity index is 1.24. The molecule has 10 heteroatoms. The lowest BCUT2D eigenvalue weighted by atomic mass is 9.99. The van der Waals surface area contributed by atoms with Crippen LogP contribution in [-0.2, 0) is 9.47 Å². The highest BCUT2D eigenvalue weighted by molar-refractivity contribution is 5.65. The molecule has 0 bridgehead atoms. The van der Waals surface area contributed by atoms with Crippen molar-refractivity contribution in [3.05, 3.63) is 49.3 Å². The molecule has 1 atom stereocenters. The third kappa shape index (κ3) is 8.87. The number of piperidine rings is 1. The topological polar surface area (TPSA) is 115 Å². The molecule has 10 nitrogen and oxygen atoms in total. The predicted octanol–water partition coefficient (Wildman–Crippen LogP) is 3.59. The van der Waals surface area contributed by atoms with Gasteiger partial charge in [0.25, 0.3) is 0 Å². The highest BCUT2D eigenvalue weighted by Crippen LogP contribution is 2.20. The largest absolute Gasteiger partial charge is 0.490 e. The lowest BCUT2D eigenvalue weighted by Gasteiger charge is -2.30. The van der Waals surface area contributed by atoms with E-state index in [4.69, 9.17) is 24.1 Å². The highest BCUT2D eigenvalue weighted by Gasteiger charge is 2.23. The minimum Gasteiger partial charge on any atom is -0.490 e. The van der Waals surface area contributed by atoms with Crippen LogP contribution in [0.1, 0.15) is 12.8 Å². The number of aromatic nitrogens is 2. The predicted molar refractivity (Wildman–Crippen MR) is 127 cm³/mol. The summed E-state index contributed by atoms with van der Waals surface area (Å²) in [6, 6.07) is 7.84. The van der Waals surface area contributed by atoms with Gasteiger partial charge < -0.3 is 34.3 Å². The van der Waals surface area contributed by atoms with Crippen molar-refractivity contribution in [1.82, 2.24) is 14.9 Å². The second kappa shape index (κ2) is 14.0. The number of anilines is 2. The zero-order chi connectivity index (χ0) is 24.0. The smallest absolute Gasteiger partial charge is 0.407 e. The van der Waals surface area contributed by atoms with Crippen LogP contribution in [0.25, 0.3) is 0 Å². The molecule has 0 saturated carbocycles. The van der Waals surface area contributed by atoms with E-state index >= 15 is 0 Å². The molecule has 2 aromatic rings. The van der Waals surface area contributed by atoms with Gasteiger partial charge >= 0.3 is 12.1 Å². The van der Waals surface area contributed by atoms with Crippen molar-refractivity contribution in [1.29, 1.82) is 0 Å². The van der Waals surface area contributed by atoms with Gasteiger partial charge in [-0.2, -0.15) is 0 Å². The Labute approximate surface area is 199 Å². The molecule has 184 valence electrons. The first-order valence-corrected chi connectivity index (χ1v) is 11.3. The molecule has 2 heterocycles. The summed E-state index contributed by atoms with van der Waals surface area (Å²) in [6.45, 7) is 7.41. The number of ether oxygens (including phenoxy) is 4. The summed E-state index contributed by atoms with van der Waals surface area (Å²) in [5.41, 5.74) is 1.63. The lowest BCUT2D eigenvalue weighted by Crippen LogP contribution is -2.40. The van der Waals surface area contributed by atoms with Gasteiger partial charge in [0.2, 0.25) is 0 Å². The molecule has 0 unspecified atom stereocenters. The maximum absolute atomic E-state index is 11.0. The normalized spacial score (nSPS) is 15.5. The van der Waals surface area contributed by atoms with Crippen LogP contribution in [-0.4, -0.2) is 78.8 Å². The maximum Gasteiger partial charge on any atom is 0.407 e. The summed E-state index contributed by atoms with van der Waals surface area (Å²) in [5, 5.41) is 12.3. The minimum atomic E-state index is -0.858. The van der Waals surface area contributed by atoms with E-state index in [1.54, 1.807) is 18.5 Å². The van der Waals surface area contributed by atoms with E-state index < -0.39 is 6.09 Å². The molecule has 3 rings (SSSR count). The summed E-state index contributed by atoms with van der Waals surface area (Å²) in [5.74, 6) is 1.02. The second-order valence-electron chi connectivity index (χ2n) is 7.78. The Kier molecular flexibility index (Phi) is 10.4. The van der Waals surface area contributed by atoms with E-state index in [0.29, 0.717) is 52.7 Å². The Morgan fingerprint density at radius 2 is 1.82 bits per heavy atom. The van der Waals surface area contributed by atoms with Crippen molar-refractivity contribution in [3.63, 3.8) is 0 Å². The number of amides is 1. The van der Waals surface area contributed by atoms with Crippen LogP contribution < -0.4 is 14.8 Å². The van der Waals surface area contributed by atoms with Crippen LogP contribution in [0.3, 0.4) is 0 Å². The van der Waals surface area contributed by atoms with Crippen molar-refractivity contribution in [3.8, 4) is 11.8 Å². The first-order chi connectivity index (χ1) is 16.6. The third-order valence-corrected chi connectivity index (χ3v) is 5.11. The minimum absolute atomic E-state index is 0.249. The second-order valence-corrected chi connectivity index (χ2v) is 7.78. The number of carboxylic acid groups (broad SMARTS) is 1. The van der Waals surface area contributed by atoms with Crippen LogP contribution in [0.4, 0.5) is 16.2 Å².